The predicted molar refractivity (Wildman–Crippen MR) is 115 cm³/mol. The fourth-order valence-corrected chi connectivity index (χ4v) is 3.35. The average molecular weight is 383 g/mol. The van der Waals surface area contributed by atoms with Gasteiger partial charge in [0.05, 0.1) is 13.0 Å². The first-order valence-corrected chi connectivity index (χ1v) is 9.47. The molecule has 1 N–H and O–H groups in total. The predicted octanol–water partition coefficient (Wildman–Crippen LogP) is 4.01. The Kier molecular flexibility index (Phi) is 5.20. The van der Waals surface area contributed by atoms with Crippen LogP contribution in [-0.2, 0) is 17.8 Å². The second-order valence-corrected chi connectivity index (χ2v) is 7.06. The molecule has 0 fully saturated rings. The molecule has 5 heteroatoms. The van der Waals surface area contributed by atoms with Gasteiger partial charge in [-0.15, -0.1) is 0 Å². The molecule has 5 nitrogen and oxygen atoms in total. The minimum Gasteiger partial charge on any atom is -0.322 e. The van der Waals surface area contributed by atoms with Gasteiger partial charge < -0.3 is 9.88 Å². The van der Waals surface area contributed by atoms with Gasteiger partial charge in [0.25, 0.3) is 5.56 Å². The van der Waals surface area contributed by atoms with Crippen molar-refractivity contribution in [2.45, 2.75) is 19.9 Å². The Morgan fingerprint density at radius 1 is 1.00 bits per heavy atom. The normalized spacial score (nSPS) is 10.8. The molecular weight excluding hydrogens is 362 g/mol. The van der Waals surface area contributed by atoms with Crippen molar-refractivity contribution in [3.63, 3.8) is 0 Å². The zero-order chi connectivity index (χ0) is 20.2. The Labute approximate surface area is 168 Å². The lowest BCUT2D eigenvalue weighted by Crippen LogP contribution is -2.31. The van der Waals surface area contributed by atoms with Crippen molar-refractivity contribution < 1.29 is 4.79 Å². The first-order valence-electron chi connectivity index (χ1n) is 9.47. The maximum Gasteiger partial charge on any atom is 0.251 e. The van der Waals surface area contributed by atoms with E-state index in [0.29, 0.717) is 12.1 Å². The van der Waals surface area contributed by atoms with Gasteiger partial charge in [-0.25, -0.2) is 0 Å². The molecule has 0 spiro atoms. The van der Waals surface area contributed by atoms with Crippen molar-refractivity contribution in [1.82, 2.24) is 9.97 Å². The number of nitrogens with one attached hydrogen (secondary N) is 1. The monoisotopic (exact) mass is 383 g/mol. The summed E-state index contributed by atoms with van der Waals surface area (Å²) in [5.41, 5.74) is 4.06. The number of carbonyl (C=O) groups excluding carboxylic acids is 1. The second kappa shape index (κ2) is 8.10. The van der Waals surface area contributed by atoms with E-state index < -0.39 is 0 Å². The lowest BCUT2D eigenvalue weighted by atomic mass is 10.1. The molecule has 4 rings (SSSR count). The highest BCUT2D eigenvalue weighted by molar-refractivity contribution is 5.95. The molecule has 2 aromatic heterocycles. The summed E-state index contributed by atoms with van der Waals surface area (Å²) in [7, 11) is 0. The molecule has 0 saturated heterocycles. The lowest BCUT2D eigenvalue weighted by molar-refractivity contribution is -0.118. The van der Waals surface area contributed by atoms with E-state index >= 15 is 0 Å². The van der Waals surface area contributed by atoms with Crippen LogP contribution in [0.2, 0.25) is 0 Å². The Hall–Kier alpha value is -3.73. The van der Waals surface area contributed by atoms with E-state index in [9.17, 15) is 9.59 Å². The highest BCUT2D eigenvalue weighted by Crippen LogP contribution is 2.20. The van der Waals surface area contributed by atoms with E-state index in [1.54, 1.807) is 24.2 Å². The van der Waals surface area contributed by atoms with Crippen LogP contribution in [0.5, 0.6) is 0 Å². The summed E-state index contributed by atoms with van der Waals surface area (Å²) in [5, 5.41) is 0.922. The number of amides is 1. The standard InChI is InChI=1S/C24H21N3O2/c1-17-12-20-13-18(9-10-22(20)26-24(17)29)14-23(28)27(21-7-3-2-4-8-21)16-19-6-5-11-25-15-19/h2-13,15H,14,16H2,1H3,(H,26,29). The molecule has 144 valence electrons. The molecule has 2 aromatic carbocycles. The summed E-state index contributed by atoms with van der Waals surface area (Å²) < 4.78 is 0. The van der Waals surface area contributed by atoms with E-state index in [1.807, 2.05) is 66.7 Å². The summed E-state index contributed by atoms with van der Waals surface area (Å²) in [6.45, 7) is 2.23. The molecular formula is C24H21N3O2. The number of benzene rings is 2. The maximum atomic E-state index is 13.2. The minimum atomic E-state index is -0.0898. The summed E-state index contributed by atoms with van der Waals surface area (Å²) in [6.07, 6.45) is 3.77. The molecule has 29 heavy (non-hydrogen) atoms. The third-order valence-corrected chi connectivity index (χ3v) is 4.88. The van der Waals surface area contributed by atoms with E-state index in [1.165, 1.54) is 0 Å². The van der Waals surface area contributed by atoms with Crippen LogP contribution >= 0.6 is 0 Å². The quantitative estimate of drug-likeness (QED) is 0.566. The van der Waals surface area contributed by atoms with Crippen LogP contribution in [0, 0.1) is 6.92 Å². The van der Waals surface area contributed by atoms with E-state index in [0.717, 1.165) is 27.7 Å². The number of para-hydroxylation sites is 1. The van der Waals surface area contributed by atoms with Crippen molar-refractivity contribution in [3.8, 4) is 0 Å². The number of aromatic nitrogens is 2. The number of aromatic amines is 1. The summed E-state index contributed by atoms with van der Waals surface area (Å²) in [4.78, 5) is 33.8. The van der Waals surface area contributed by atoms with Gasteiger partial charge in [-0.1, -0.05) is 30.3 Å². The zero-order valence-electron chi connectivity index (χ0n) is 16.1. The first-order chi connectivity index (χ1) is 14.1. The smallest absolute Gasteiger partial charge is 0.251 e. The lowest BCUT2D eigenvalue weighted by Gasteiger charge is -2.23. The minimum absolute atomic E-state index is 0.000509. The van der Waals surface area contributed by atoms with E-state index in [4.69, 9.17) is 0 Å². The van der Waals surface area contributed by atoms with Gasteiger partial charge in [-0.3, -0.25) is 14.6 Å². The Morgan fingerprint density at radius 3 is 2.59 bits per heavy atom. The van der Waals surface area contributed by atoms with Crippen molar-refractivity contribution in [2.24, 2.45) is 0 Å². The van der Waals surface area contributed by atoms with Crippen LogP contribution in [0.1, 0.15) is 16.7 Å². The number of hydrogen-bond acceptors (Lipinski definition) is 3. The van der Waals surface area contributed by atoms with Gasteiger partial charge >= 0.3 is 0 Å². The summed E-state index contributed by atoms with van der Waals surface area (Å²) in [6, 6.07) is 21.0. The Morgan fingerprint density at radius 2 is 1.83 bits per heavy atom. The number of H-pyrrole nitrogens is 1. The molecule has 0 atom stereocenters. The van der Waals surface area contributed by atoms with Crippen molar-refractivity contribution in [2.75, 3.05) is 4.90 Å². The first kappa shape index (κ1) is 18.6. The number of nitrogens with zero attached hydrogens (tertiary/aromatic N) is 2. The van der Waals surface area contributed by atoms with E-state index in [-0.39, 0.29) is 17.9 Å². The molecule has 0 aliphatic heterocycles. The fourth-order valence-electron chi connectivity index (χ4n) is 3.35. The molecule has 4 aromatic rings. The SMILES string of the molecule is Cc1cc2cc(CC(=O)N(Cc3cccnc3)c3ccccc3)ccc2[nH]c1=O. The van der Waals surface area contributed by atoms with Crippen LogP contribution in [0.15, 0.2) is 83.9 Å². The number of rotatable bonds is 5. The molecule has 2 heterocycles. The number of carbonyl (C=O) groups is 1. The fraction of sp³-hybridized carbons (Fsp3) is 0.125. The number of pyridine rings is 2. The molecule has 0 radical (unpaired) electrons. The molecule has 1 amide bonds. The van der Waals surface area contributed by atoms with Crippen LogP contribution in [0.3, 0.4) is 0 Å². The van der Waals surface area contributed by atoms with Crippen molar-refractivity contribution in [3.05, 3.63) is 106 Å². The van der Waals surface area contributed by atoms with Crippen molar-refractivity contribution >= 4 is 22.5 Å². The van der Waals surface area contributed by atoms with Gasteiger partial charge in [-0.2, -0.15) is 0 Å². The average Bonchev–Trinajstić information content (AvgIpc) is 2.74. The van der Waals surface area contributed by atoms with Gasteiger partial charge in [0.2, 0.25) is 5.91 Å². The van der Waals surface area contributed by atoms with Gasteiger partial charge in [0.15, 0.2) is 0 Å². The van der Waals surface area contributed by atoms with Crippen LogP contribution < -0.4 is 10.5 Å². The summed E-state index contributed by atoms with van der Waals surface area (Å²) in [5.74, 6) is 0.000509. The van der Waals surface area contributed by atoms with Crippen molar-refractivity contribution in [1.29, 1.82) is 0 Å². The third kappa shape index (κ3) is 4.24. The van der Waals surface area contributed by atoms with Crippen LogP contribution in [0.25, 0.3) is 10.9 Å². The number of hydrogen-bond donors (Lipinski definition) is 1. The third-order valence-electron chi connectivity index (χ3n) is 4.88. The maximum absolute atomic E-state index is 13.2. The highest BCUT2D eigenvalue weighted by Gasteiger charge is 2.17. The topological polar surface area (TPSA) is 66.1 Å². The Bertz CT molecular complexity index is 1200. The number of anilines is 1. The largest absolute Gasteiger partial charge is 0.322 e. The van der Waals surface area contributed by atoms with Gasteiger partial charge in [-0.05, 0) is 59.8 Å². The Balaban J connectivity index is 1.63. The zero-order valence-corrected chi connectivity index (χ0v) is 16.1. The second-order valence-electron chi connectivity index (χ2n) is 7.06. The summed E-state index contributed by atoms with van der Waals surface area (Å²) >= 11 is 0. The number of fused-ring (bicyclic) bond motifs is 1. The van der Waals surface area contributed by atoms with Gasteiger partial charge in [0.1, 0.15) is 0 Å². The molecule has 0 aliphatic carbocycles. The highest BCUT2D eigenvalue weighted by atomic mass is 16.2. The molecule has 0 unspecified atom stereocenters. The van der Waals surface area contributed by atoms with Gasteiger partial charge in [0, 0.05) is 29.2 Å². The number of aryl methyl sites for hydroxylation is 1. The molecule has 0 saturated carbocycles. The van der Waals surface area contributed by atoms with Crippen LogP contribution in [0.4, 0.5) is 5.69 Å². The molecule has 0 aliphatic rings. The molecule has 0 bridgehead atoms. The van der Waals surface area contributed by atoms with Crippen LogP contribution in [-0.4, -0.2) is 15.9 Å². The van der Waals surface area contributed by atoms with E-state index in [2.05, 4.69) is 9.97 Å².